The molecule has 1 aromatic heterocycles. The fourth-order valence-electron chi connectivity index (χ4n) is 2.38. The summed E-state index contributed by atoms with van der Waals surface area (Å²) in [7, 11) is 0. The van der Waals surface area contributed by atoms with Gasteiger partial charge in [-0.3, -0.25) is 5.43 Å². The van der Waals surface area contributed by atoms with Gasteiger partial charge in [-0.2, -0.15) is 15.0 Å². The molecule has 1 aliphatic rings. The maximum absolute atomic E-state index is 5.33. The van der Waals surface area contributed by atoms with E-state index in [2.05, 4.69) is 25.7 Å². The summed E-state index contributed by atoms with van der Waals surface area (Å²) in [5, 5.41) is 3.21. The van der Waals surface area contributed by atoms with E-state index in [0.717, 1.165) is 18.9 Å². The lowest BCUT2D eigenvalue weighted by Gasteiger charge is -2.11. The van der Waals surface area contributed by atoms with Crippen molar-refractivity contribution in [2.24, 2.45) is 11.8 Å². The van der Waals surface area contributed by atoms with E-state index in [1.54, 1.807) is 0 Å². The number of hydrazine groups is 1. The molecule has 0 atom stereocenters. The summed E-state index contributed by atoms with van der Waals surface area (Å²) in [5.74, 6) is 6.98. The van der Waals surface area contributed by atoms with Gasteiger partial charge < -0.3 is 10.1 Å². The van der Waals surface area contributed by atoms with Gasteiger partial charge in [0, 0.05) is 6.54 Å². The molecule has 19 heavy (non-hydrogen) atoms. The van der Waals surface area contributed by atoms with Crippen molar-refractivity contribution in [3.8, 4) is 6.01 Å². The lowest BCUT2D eigenvalue weighted by Crippen LogP contribution is -2.15. The molecule has 2 rings (SSSR count). The van der Waals surface area contributed by atoms with E-state index < -0.39 is 0 Å². The van der Waals surface area contributed by atoms with Gasteiger partial charge in [0.15, 0.2) is 0 Å². The highest BCUT2D eigenvalue weighted by Gasteiger charge is 2.14. The molecule has 0 unspecified atom stereocenters. The minimum Gasteiger partial charge on any atom is -0.464 e. The Morgan fingerprint density at radius 2 is 1.95 bits per heavy atom. The number of nitrogen functional groups attached to an aromatic ring is 1. The van der Waals surface area contributed by atoms with Gasteiger partial charge >= 0.3 is 6.01 Å². The average molecular weight is 266 g/mol. The smallest absolute Gasteiger partial charge is 0.323 e. The normalized spacial score (nSPS) is 15.5. The van der Waals surface area contributed by atoms with Gasteiger partial charge in [0.25, 0.3) is 0 Å². The molecule has 0 amide bonds. The van der Waals surface area contributed by atoms with Crippen LogP contribution in [0.15, 0.2) is 0 Å². The Morgan fingerprint density at radius 1 is 1.21 bits per heavy atom. The Hall–Kier alpha value is -1.63. The van der Waals surface area contributed by atoms with E-state index in [1.807, 2.05) is 6.92 Å². The predicted octanol–water partition coefficient (Wildman–Crippen LogP) is 1.55. The number of aromatic nitrogens is 3. The third-order valence-corrected chi connectivity index (χ3v) is 3.33. The molecular formula is C12H22N6O. The molecule has 1 heterocycles. The molecule has 1 aromatic rings. The van der Waals surface area contributed by atoms with Gasteiger partial charge in [0.2, 0.25) is 11.9 Å². The van der Waals surface area contributed by atoms with Crippen molar-refractivity contribution in [1.29, 1.82) is 0 Å². The van der Waals surface area contributed by atoms with Crippen LogP contribution in [0.1, 0.15) is 39.0 Å². The molecular weight excluding hydrogens is 244 g/mol. The van der Waals surface area contributed by atoms with Crippen molar-refractivity contribution in [3.05, 3.63) is 0 Å². The second kappa shape index (κ2) is 7.08. The molecule has 7 heteroatoms. The Kier molecular flexibility index (Phi) is 5.14. The molecule has 1 aliphatic carbocycles. The van der Waals surface area contributed by atoms with Gasteiger partial charge in [0.1, 0.15) is 0 Å². The zero-order valence-electron chi connectivity index (χ0n) is 11.4. The van der Waals surface area contributed by atoms with E-state index >= 15 is 0 Å². The van der Waals surface area contributed by atoms with Crippen LogP contribution in [-0.2, 0) is 0 Å². The minimum atomic E-state index is 0.286. The van der Waals surface area contributed by atoms with Crippen LogP contribution < -0.4 is 21.3 Å². The molecule has 0 spiro atoms. The van der Waals surface area contributed by atoms with Crippen molar-refractivity contribution in [3.63, 3.8) is 0 Å². The second-order valence-electron chi connectivity index (χ2n) is 4.71. The first-order valence-corrected chi connectivity index (χ1v) is 6.91. The van der Waals surface area contributed by atoms with E-state index in [1.165, 1.54) is 25.7 Å². The van der Waals surface area contributed by atoms with Crippen LogP contribution in [0.4, 0.5) is 11.9 Å². The molecule has 4 N–H and O–H groups in total. The SMILES string of the molecule is CCOc1nc(NN)nc(NCCC2CCCC2)n1. The van der Waals surface area contributed by atoms with Gasteiger partial charge in [-0.05, 0) is 19.3 Å². The zero-order valence-corrected chi connectivity index (χ0v) is 11.4. The fourth-order valence-corrected chi connectivity index (χ4v) is 2.38. The number of ether oxygens (including phenoxy) is 1. The van der Waals surface area contributed by atoms with Crippen molar-refractivity contribution in [2.45, 2.75) is 39.0 Å². The van der Waals surface area contributed by atoms with Gasteiger partial charge in [-0.1, -0.05) is 25.7 Å². The van der Waals surface area contributed by atoms with E-state index in [0.29, 0.717) is 18.5 Å². The topological polar surface area (TPSA) is 98.0 Å². The number of anilines is 2. The fraction of sp³-hybridized carbons (Fsp3) is 0.750. The summed E-state index contributed by atoms with van der Waals surface area (Å²) < 4.78 is 5.27. The molecule has 1 fully saturated rings. The maximum atomic E-state index is 5.33. The summed E-state index contributed by atoms with van der Waals surface area (Å²) in [5.41, 5.74) is 2.42. The lowest BCUT2D eigenvalue weighted by molar-refractivity contribution is 0.312. The van der Waals surface area contributed by atoms with Crippen LogP contribution in [0, 0.1) is 5.92 Å². The van der Waals surface area contributed by atoms with Crippen LogP contribution in [-0.4, -0.2) is 28.1 Å². The standard InChI is InChI=1S/C12H22N6O/c1-2-19-12-16-10(15-11(17-12)18-13)14-8-7-9-5-3-4-6-9/h9H,2-8,13H2,1H3,(H2,14,15,16,17,18). The molecule has 7 nitrogen and oxygen atoms in total. The molecule has 0 aromatic carbocycles. The van der Waals surface area contributed by atoms with Crippen LogP contribution in [0.2, 0.25) is 0 Å². The number of rotatable bonds is 7. The van der Waals surface area contributed by atoms with Crippen LogP contribution >= 0.6 is 0 Å². The third-order valence-electron chi connectivity index (χ3n) is 3.33. The van der Waals surface area contributed by atoms with Crippen LogP contribution in [0.3, 0.4) is 0 Å². The molecule has 106 valence electrons. The Balaban J connectivity index is 1.88. The van der Waals surface area contributed by atoms with E-state index in [9.17, 15) is 0 Å². The number of nitrogens with two attached hydrogens (primary N) is 1. The summed E-state index contributed by atoms with van der Waals surface area (Å²) in [6, 6.07) is 0.286. The summed E-state index contributed by atoms with van der Waals surface area (Å²) >= 11 is 0. The Bertz CT molecular complexity index is 394. The molecule has 1 saturated carbocycles. The van der Waals surface area contributed by atoms with Crippen molar-refractivity contribution in [2.75, 3.05) is 23.9 Å². The van der Waals surface area contributed by atoms with Crippen LogP contribution in [0.25, 0.3) is 0 Å². The number of hydrogen-bond donors (Lipinski definition) is 3. The van der Waals surface area contributed by atoms with Crippen molar-refractivity contribution >= 4 is 11.9 Å². The largest absolute Gasteiger partial charge is 0.464 e. The highest BCUT2D eigenvalue weighted by atomic mass is 16.5. The highest BCUT2D eigenvalue weighted by Crippen LogP contribution is 2.27. The van der Waals surface area contributed by atoms with Gasteiger partial charge in [-0.25, -0.2) is 5.84 Å². The lowest BCUT2D eigenvalue weighted by atomic mass is 10.0. The highest BCUT2D eigenvalue weighted by molar-refractivity contribution is 5.34. The number of nitrogens with one attached hydrogen (secondary N) is 2. The van der Waals surface area contributed by atoms with Crippen molar-refractivity contribution in [1.82, 2.24) is 15.0 Å². The Morgan fingerprint density at radius 3 is 2.63 bits per heavy atom. The third kappa shape index (κ3) is 4.20. The minimum absolute atomic E-state index is 0.286. The van der Waals surface area contributed by atoms with Gasteiger partial charge in [0.05, 0.1) is 6.61 Å². The average Bonchev–Trinajstić information content (AvgIpc) is 2.92. The summed E-state index contributed by atoms with van der Waals surface area (Å²) in [4.78, 5) is 12.3. The van der Waals surface area contributed by atoms with E-state index in [4.69, 9.17) is 10.6 Å². The maximum Gasteiger partial charge on any atom is 0.323 e. The molecule has 0 radical (unpaired) electrons. The molecule has 0 bridgehead atoms. The molecule has 0 saturated heterocycles. The van der Waals surface area contributed by atoms with E-state index in [-0.39, 0.29) is 6.01 Å². The van der Waals surface area contributed by atoms with Gasteiger partial charge in [-0.15, -0.1) is 0 Å². The Labute approximate surface area is 113 Å². The quantitative estimate of drug-likeness (QED) is 0.508. The monoisotopic (exact) mass is 266 g/mol. The predicted molar refractivity (Wildman–Crippen MR) is 73.9 cm³/mol. The first-order valence-electron chi connectivity index (χ1n) is 6.91. The molecule has 0 aliphatic heterocycles. The summed E-state index contributed by atoms with van der Waals surface area (Å²) in [6.45, 7) is 3.26. The van der Waals surface area contributed by atoms with Crippen molar-refractivity contribution < 1.29 is 4.74 Å². The van der Waals surface area contributed by atoms with Crippen LogP contribution in [0.5, 0.6) is 6.01 Å². The first kappa shape index (κ1) is 13.8. The first-order chi connectivity index (χ1) is 9.31. The zero-order chi connectivity index (χ0) is 13.5. The second-order valence-corrected chi connectivity index (χ2v) is 4.71. The summed E-state index contributed by atoms with van der Waals surface area (Å²) in [6.07, 6.45) is 6.58. The number of nitrogens with zero attached hydrogens (tertiary/aromatic N) is 3. The number of hydrogen-bond acceptors (Lipinski definition) is 7.